The molecule has 3 N–H and O–H groups in total. The van der Waals surface area contributed by atoms with Crippen LogP contribution in [0.3, 0.4) is 0 Å². The molecule has 5 heteroatoms. The van der Waals surface area contributed by atoms with Gasteiger partial charge in [-0.15, -0.1) is 0 Å². The lowest BCUT2D eigenvalue weighted by atomic mass is 10.0. The number of amides is 2. The lowest BCUT2D eigenvalue weighted by Gasteiger charge is -2.13. The predicted octanol–water partition coefficient (Wildman–Crippen LogP) is 2.42. The number of benzene rings is 1. The second kappa shape index (κ2) is 7.11. The monoisotopic (exact) mass is 290 g/mol. The van der Waals surface area contributed by atoms with Gasteiger partial charge < -0.3 is 15.7 Å². The van der Waals surface area contributed by atoms with E-state index in [0.717, 1.165) is 24.8 Å². The Morgan fingerprint density at radius 2 is 2.05 bits per heavy atom. The summed E-state index contributed by atoms with van der Waals surface area (Å²) < 4.78 is 0. The van der Waals surface area contributed by atoms with E-state index in [4.69, 9.17) is 5.11 Å². The minimum atomic E-state index is -0.935. The molecule has 2 amide bonds. The van der Waals surface area contributed by atoms with Crippen LogP contribution in [0.1, 0.15) is 42.1 Å². The Bertz CT molecular complexity index is 516. The van der Waals surface area contributed by atoms with Crippen LogP contribution in [-0.4, -0.2) is 29.7 Å². The van der Waals surface area contributed by atoms with E-state index in [9.17, 15) is 9.59 Å². The third kappa shape index (κ3) is 4.48. The first-order chi connectivity index (χ1) is 10.1. The van der Waals surface area contributed by atoms with E-state index in [-0.39, 0.29) is 12.1 Å². The summed E-state index contributed by atoms with van der Waals surface area (Å²) in [6.45, 7) is 2.63. The van der Waals surface area contributed by atoms with Gasteiger partial charge in [-0.2, -0.15) is 0 Å². The first-order valence-corrected chi connectivity index (χ1v) is 7.42. The number of urea groups is 1. The van der Waals surface area contributed by atoms with Crippen LogP contribution >= 0.6 is 0 Å². The molecule has 0 aliphatic heterocycles. The average Bonchev–Trinajstić information content (AvgIpc) is 2.84. The number of rotatable bonds is 5. The zero-order valence-electron chi connectivity index (χ0n) is 12.3. The van der Waals surface area contributed by atoms with Gasteiger partial charge in [-0.25, -0.2) is 9.59 Å². The molecule has 1 fully saturated rings. The molecule has 114 valence electrons. The molecule has 0 spiro atoms. The summed E-state index contributed by atoms with van der Waals surface area (Å²) in [5.74, 6) is -0.257. The van der Waals surface area contributed by atoms with Gasteiger partial charge in [-0.1, -0.05) is 25.1 Å². The summed E-state index contributed by atoms with van der Waals surface area (Å²) in [5, 5.41) is 14.9. The van der Waals surface area contributed by atoms with E-state index in [1.807, 2.05) is 6.07 Å². The number of carboxylic acid groups (broad SMARTS) is 1. The smallest absolute Gasteiger partial charge is 0.335 e. The molecule has 5 nitrogen and oxygen atoms in total. The molecule has 1 aliphatic carbocycles. The number of carbonyl (C=O) groups is 2. The van der Waals surface area contributed by atoms with Crippen molar-refractivity contribution in [3.8, 4) is 0 Å². The van der Waals surface area contributed by atoms with E-state index in [0.29, 0.717) is 24.4 Å². The molecule has 2 unspecified atom stereocenters. The predicted molar refractivity (Wildman–Crippen MR) is 80.4 cm³/mol. The van der Waals surface area contributed by atoms with Gasteiger partial charge in [0.15, 0.2) is 0 Å². The zero-order chi connectivity index (χ0) is 15.2. The van der Waals surface area contributed by atoms with Crippen molar-refractivity contribution in [1.82, 2.24) is 10.6 Å². The number of nitrogens with one attached hydrogen (secondary N) is 2. The Morgan fingerprint density at radius 3 is 2.71 bits per heavy atom. The van der Waals surface area contributed by atoms with Crippen LogP contribution in [0.2, 0.25) is 0 Å². The van der Waals surface area contributed by atoms with Gasteiger partial charge in [-0.3, -0.25) is 0 Å². The summed E-state index contributed by atoms with van der Waals surface area (Å²) in [6.07, 6.45) is 3.75. The van der Waals surface area contributed by atoms with Crippen molar-refractivity contribution in [2.24, 2.45) is 5.92 Å². The highest BCUT2D eigenvalue weighted by Gasteiger charge is 2.22. The van der Waals surface area contributed by atoms with Gasteiger partial charge in [0.1, 0.15) is 0 Å². The quantitative estimate of drug-likeness (QED) is 0.779. The number of hydrogen-bond donors (Lipinski definition) is 3. The van der Waals surface area contributed by atoms with Gasteiger partial charge >= 0.3 is 12.0 Å². The third-order valence-electron chi connectivity index (χ3n) is 3.96. The summed E-state index contributed by atoms with van der Waals surface area (Å²) in [7, 11) is 0. The fourth-order valence-electron chi connectivity index (χ4n) is 2.83. The molecule has 0 saturated heterocycles. The van der Waals surface area contributed by atoms with Crippen molar-refractivity contribution in [2.75, 3.05) is 6.54 Å². The average molecular weight is 290 g/mol. The largest absolute Gasteiger partial charge is 0.478 e. The summed E-state index contributed by atoms with van der Waals surface area (Å²) in [5.41, 5.74) is 1.03. The molecule has 0 radical (unpaired) electrons. The molecule has 1 aromatic carbocycles. The number of hydrogen-bond acceptors (Lipinski definition) is 2. The highest BCUT2D eigenvalue weighted by atomic mass is 16.4. The Morgan fingerprint density at radius 1 is 1.29 bits per heavy atom. The van der Waals surface area contributed by atoms with Crippen molar-refractivity contribution in [3.63, 3.8) is 0 Å². The van der Waals surface area contributed by atoms with Gasteiger partial charge in [0.25, 0.3) is 0 Å². The van der Waals surface area contributed by atoms with Gasteiger partial charge in [0.2, 0.25) is 0 Å². The van der Waals surface area contributed by atoms with Gasteiger partial charge in [0, 0.05) is 12.6 Å². The van der Waals surface area contributed by atoms with Crippen LogP contribution in [0.25, 0.3) is 0 Å². The standard InChI is InChI=1S/C16H22N2O3/c1-11-6-7-13(10-11)18-16(21)17-9-8-12-4-2-3-5-14(12)15(19)20/h2-5,11,13H,6-10H2,1H3,(H,19,20)(H2,17,18,21). The number of carboxylic acids is 1. The third-order valence-corrected chi connectivity index (χ3v) is 3.96. The van der Waals surface area contributed by atoms with Gasteiger partial charge in [-0.05, 0) is 43.2 Å². The molecule has 21 heavy (non-hydrogen) atoms. The highest BCUT2D eigenvalue weighted by Crippen LogP contribution is 2.24. The Kier molecular flexibility index (Phi) is 5.20. The Hall–Kier alpha value is -2.04. The van der Waals surface area contributed by atoms with E-state index in [1.165, 1.54) is 0 Å². The molecule has 1 aromatic rings. The van der Waals surface area contributed by atoms with E-state index >= 15 is 0 Å². The van der Waals surface area contributed by atoms with E-state index in [1.54, 1.807) is 18.2 Å². The molecular formula is C16H22N2O3. The first kappa shape index (κ1) is 15.4. The molecular weight excluding hydrogens is 268 g/mol. The minimum Gasteiger partial charge on any atom is -0.478 e. The zero-order valence-corrected chi connectivity index (χ0v) is 12.3. The molecule has 2 atom stereocenters. The maximum atomic E-state index is 11.8. The lowest BCUT2D eigenvalue weighted by Crippen LogP contribution is -2.41. The van der Waals surface area contributed by atoms with Crippen LogP contribution in [0, 0.1) is 5.92 Å². The maximum absolute atomic E-state index is 11.8. The first-order valence-electron chi connectivity index (χ1n) is 7.42. The van der Waals surface area contributed by atoms with Crippen molar-refractivity contribution >= 4 is 12.0 Å². The molecule has 1 aliphatic rings. The van der Waals surface area contributed by atoms with Crippen molar-refractivity contribution in [3.05, 3.63) is 35.4 Å². The van der Waals surface area contributed by atoms with Crippen molar-refractivity contribution in [2.45, 2.75) is 38.6 Å². The van der Waals surface area contributed by atoms with E-state index in [2.05, 4.69) is 17.6 Å². The minimum absolute atomic E-state index is 0.165. The van der Waals surface area contributed by atoms with Crippen LogP contribution < -0.4 is 10.6 Å². The van der Waals surface area contributed by atoms with Crippen LogP contribution in [0.4, 0.5) is 4.79 Å². The van der Waals surface area contributed by atoms with Crippen LogP contribution in [-0.2, 0) is 6.42 Å². The molecule has 1 saturated carbocycles. The Labute approximate surface area is 124 Å². The SMILES string of the molecule is CC1CCC(NC(=O)NCCc2ccccc2C(=O)O)C1. The van der Waals surface area contributed by atoms with E-state index < -0.39 is 5.97 Å². The molecule has 0 bridgehead atoms. The van der Waals surface area contributed by atoms with Crippen molar-refractivity contribution in [1.29, 1.82) is 0 Å². The highest BCUT2D eigenvalue weighted by molar-refractivity contribution is 5.89. The summed E-state index contributed by atoms with van der Waals surface area (Å²) >= 11 is 0. The molecule has 0 heterocycles. The topological polar surface area (TPSA) is 78.4 Å². The lowest BCUT2D eigenvalue weighted by molar-refractivity contribution is 0.0695. The Balaban J connectivity index is 1.76. The normalized spacial score (nSPS) is 21.0. The fraction of sp³-hybridized carbons (Fsp3) is 0.500. The maximum Gasteiger partial charge on any atom is 0.335 e. The number of aromatic carboxylic acids is 1. The van der Waals surface area contributed by atoms with Gasteiger partial charge in [0.05, 0.1) is 5.56 Å². The second-order valence-corrected chi connectivity index (χ2v) is 5.73. The summed E-state index contributed by atoms with van der Waals surface area (Å²) in [6, 6.07) is 6.98. The van der Waals surface area contributed by atoms with Crippen LogP contribution in [0.15, 0.2) is 24.3 Å². The number of carbonyl (C=O) groups excluding carboxylic acids is 1. The molecule has 2 rings (SSSR count). The van der Waals surface area contributed by atoms with Crippen LogP contribution in [0.5, 0.6) is 0 Å². The fourth-order valence-corrected chi connectivity index (χ4v) is 2.83. The molecule has 0 aromatic heterocycles. The second-order valence-electron chi connectivity index (χ2n) is 5.73. The van der Waals surface area contributed by atoms with Crippen molar-refractivity contribution < 1.29 is 14.7 Å². The summed E-state index contributed by atoms with van der Waals surface area (Å²) in [4.78, 5) is 22.9.